The maximum Gasteiger partial charge on any atom is 0.0735 e. The van der Waals surface area contributed by atoms with Gasteiger partial charge in [0.05, 0.1) is 5.60 Å². The summed E-state index contributed by atoms with van der Waals surface area (Å²) in [4.78, 5) is 0. The number of methoxy groups -OCH3 is 1. The molecule has 0 aromatic carbocycles. The molecule has 4 aliphatic rings. The van der Waals surface area contributed by atoms with Gasteiger partial charge in [0.15, 0.2) is 0 Å². The van der Waals surface area contributed by atoms with Gasteiger partial charge in [-0.25, -0.2) is 0 Å². The van der Waals surface area contributed by atoms with Gasteiger partial charge >= 0.3 is 0 Å². The van der Waals surface area contributed by atoms with Crippen LogP contribution in [-0.2, 0) is 4.74 Å². The Morgan fingerprint density at radius 3 is 2.23 bits per heavy atom. The van der Waals surface area contributed by atoms with E-state index in [0.29, 0.717) is 0 Å². The van der Waals surface area contributed by atoms with Crippen molar-refractivity contribution in [3.63, 3.8) is 0 Å². The van der Waals surface area contributed by atoms with Crippen LogP contribution in [0.3, 0.4) is 0 Å². The summed E-state index contributed by atoms with van der Waals surface area (Å²) in [5.74, 6) is 3.75. The average molecular weight is 360 g/mol. The zero-order chi connectivity index (χ0) is 18.6. The third-order valence-corrected chi connectivity index (χ3v) is 7.51. The standard InChI is InChI=1S/C24H41NO/c1-18(2)7-5-8-19(3)9-12-25-11-6-10-24(26-4)22-14-20-13-21(16-22)17-23(24)15-20/h7,9,20-23,25H,5-6,8,10-17H2,1-4H3. The molecule has 0 amide bonds. The first kappa shape index (κ1) is 20.1. The summed E-state index contributed by atoms with van der Waals surface area (Å²) in [6, 6.07) is 0. The molecule has 0 radical (unpaired) electrons. The molecule has 2 nitrogen and oxygen atoms in total. The lowest BCUT2D eigenvalue weighted by atomic mass is 9.49. The Morgan fingerprint density at radius 1 is 1.00 bits per heavy atom. The van der Waals surface area contributed by atoms with Gasteiger partial charge in [-0.3, -0.25) is 0 Å². The minimum atomic E-state index is 0.213. The number of nitrogens with one attached hydrogen (secondary N) is 1. The van der Waals surface area contributed by atoms with E-state index in [1.165, 1.54) is 68.9 Å². The number of hydrogen-bond donors (Lipinski definition) is 1. The highest BCUT2D eigenvalue weighted by Crippen LogP contribution is 2.60. The van der Waals surface area contributed by atoms with Crippen LogP contribution in [0.4, 0.5) is 0 Å². The summed E-state index contributed by atoms with van der Waals surface area (Å²) >= 11 is 0. The van der Waals surface area contributed by atoms with E-state index in [4.69, 9.17) is 4.74 Å². The fourth-order valence-corrected chi connectivity index (χ4v) is 6.35. The number of hydrogen-bond acceptors (Lipinski definition) is 2. The first-order valence-electron chi connectivity index (χ1n) is 11.1. The molecular weight excluding hydrogens is 318 g/mol. The highest BCUT2D eigenvalue weighted by molar-refractivity contribution is 5.08. The lowest BCUT2D eigenvalue weighted by molar-refractivity contribution is -0.194. The molecule has 4 fully saturated rings. The molecule has 148 valence electrons. The molecule has 0 spiro atoms. The van der Waals surface area contributed by atoms with E-state index in [0.717, 1.165) is 36.8 Å². The molecular formula is C24H41NO. The molecule has 0 aromatic rings. The topological polar surface area (TPSA) is 21.3 Å². The van der Waals surface area contributed by atoms with E-state index >= 15 is 0 Å². The fraction of sp³-hybridized carbons (Fsp3) is 0.833. The molecule has 4 rings (SSSR count). The predicted octanol–water partition coefficient (Wildman–Crippen LogP) is 5.89. The van der Waals surface area contributed by atoms with E-state index < -0.39 is 0 Å². The van der Waals surface area contributed by atoms with Gasteiger partial charge in [-0.1, -0.05) is 23.3 Å². The molecule has 0 heterocycles. The molecule has 0 aromatic heterocycles. The highest BCUT2D eigenvalue weighted by atomic mass is 16.5. The van der Waals surface area contributed by atoms with Crippen LogP contribution in [0, 0.1) is 23.7 Å². The zero-order valence-electron chi connectivity index (χ0n) is 17.7. The van der Waals surface area contributed by atoms with Crippen molar-refractivity contribution >= 4 is 0 Å². The quantitative estimate of drug-likeness (QED) is 0.388. The van der Waals surface area contributed by atoms with Gasteiger partial charge in [-0.15, -0.1) is 0 Å². The molecule has 1 N–H and O–H groups in total. The second-order valence-electron chi connectivity index (χ2n) is 9.64. The van der Waals surface area contributed by atoms with Crippen LogP contribution in [0.1, 0.15) is 78.6 Å². The highest BCUT2D eigenvalue weighted by Gasteiger charge is 2.57. The second kappa shape index (κ2) is 9.06. The van der Waals surface area contributed by atoms with Gasteiger partial charge in [0.25, 0.3) is 0 Å². The van der Waals surface area contributed by atoms with Gasteiger partial charge in [-0.2, -0.15) is 0 Å². The Kier molecular flexibility index (Phi) is 7.02. The molecule has 4 bridgehead atoms. The lowest BCUT2D eigenvalue weighted by Crippen LogP contribution is -2.58. The molecule has 0 saturated heterocycles. The third kappa shape index (κ3) is 4.62. The molecule has 4 saturated carbocycles. The van der Waals surface area contributed by atoms with Crippen LogP contribution in [0.5, 0.6) is 0 Å². The average Bonchev–Trinajstić information content (AvgIpc) is 2.59. The second-order valence-corrected chi connectivity index (χ2v) is 9.64. The number of ether oxygens (including phenoxy) is 1. The van der Waals surface area contributed by atoms with Gasteiger partial charge in [0.2, 0.25) is 0 Å². The summed E-state index contributed by atoms with van der Waals surface area (Å²) in [6.45, 7) is 8.75. The largest absolute Gasteiger partial charge is 0.378 e. The van der Waals surface area contributed by atoms with Crippen LogP contribution in [0.15, 0.2) is 23.3 Å². The van der Waals surface area contributed by atoms with Crippen LogP contribution in [0.25, 0.3) is 0 Å². The minimum absolute atomic E-state index is 0.213. The first-order chi connectivity index (χ1) is 12.5. The summed E-state index contributed by atoms with van der Waals surface area (Å²) in [5.41, 5.74) is 3.14. The van der Waals surface area contributed by atoms with Crippen LogP contribution < -0.4 is 5.32 Å². The summed E-state index contributed by atoms with van der Waals surface area (Å²) in [6.07, 6.45) is 16.9. The maximum atomic E-state index is 6.28. The van der Waals surface area contributed by atoms with E-state index in [-0.39, 0.29) is 5.60 Å². The summed E-state index contributed by atoms with van der Waals surface area (Å²) in [5, 5.41) is 3.63. The zero-order valence-corrected chi connectivity index (χ0v) is 17.7. The lowest BCUT2D eigenvalue weighted by Gasteiger charge is -2.60. The Hall–Kier alpha value is -0.600. The van der Waals surface area contributed by atoms with Crippen LogP contribution in [-0.4, -0.2) is 25.8 Å². The van der Waals surface area contributed by atoms with Crippen LogP contribution >= 0.6 is 0 Å². The smallest absolute Gasteiger partial charge is 0.0735 e. The van der Waals surface area contributed by atoms with Gasteiger partial charge < -0.3 is 10.1 Å². The molecule has 4 aliphatic carbocycles. The Morgan fingerprint density at radius 2 is 1.65 bits per heavy atom. The van der Waals surface area contributed by atoms with Gasteiger partial charge in [0, 0.05) is 13.7 Å². The monoisotopic (exact) mass is 359 g/mol. The van der Waals surface area contributed by atoms with E-state index in [1.807, 2.05) is 7.11 Å². The number of rotatable bonds is 10. The molecule has 26 heavy (non-hydrogen) atoms. The van der Waals surface area contributed by atoms with Crippen molar-refractivity contribution in [2.45, 2.75) is 84.2 Å². The van der Waals surface area contributed by atoms with Crippen LogP contribution in [0.2, 0.25) is 0 Å². The molecule has 0 aliphatic heterocycles. The summed E-state index contributed by atoms with van der Waals surface area (Å²) < 4.78 is 6.28. The SMILES string of the molecule is COC1(CCCNCC=C(C)CCC=C(C)C)C2CC3CC(C2)CC1C3. The number of allylic oxidation sites excluding steroid dienone is 3. The van der Waals surface area contributed by atoms with E-state index in [1.54, 1.807) is 0 Å². The molecule has 0 unspecified atom stereocenters. The van der Waals surface area contributed by atoms with Crippen molar-refractivity contribution in [2.75, 3.05) is 20.2 Å². The first-order valence-corrected chi connectivity index (χ1v) is 11.1. The van der Waals surface area contributed by atoms with E-state index in [9.17, 15) is 0 Å². The molecule has 0 atom stereocenters. The van der Waals surface area contributed by atoms with Crippen molar-refractivity contribution in [3.05, 3.63) is 23.3 Å². The van der Waals surface area contributed by atoms with Crippen molar-refractivity contribution < 1.29 is 4.74 Å². The minimum Gasteiger partial charge on any atom is -0.378 e. The van der Waals surface area contributed by atoms with Crippen molar-refractivity contribution in [1.82, 2.24) is 5.32 Å². The Bertz CT molecular complexity index is 486. The Balaban J connectivity index is 1.37. The molecule has 2 heteroatoms. The predicted molar refractivity (Wildman–Crippen MR) is 111 cm³/mol. The van der Waals surface area contributed by atoms with Gasteiger partial charge in [-0.05, 0) is 109 Å². The van der Waals surface area contributed by atoms with E-state index in [2.05, 4.69) is 38.2 Å². The summed E-state index contributed by atoms with van der Waals surface area (Å²) in [7, 11) is 1.99. The Labute approximate surface area is 161 Å². The van der Waals surface area contributed by atoms with Gasteiger partial charge in [0.1, 0.15) is 0 Å². The van der Waals surface area contributed by atoms with Crippen molar-refractivity contribution in [2.24, 2.45) is 23.7 Å². The van der Waals surface area contributed by atoms with Crippen molar-refractivity contribution in [1.29, 1.82) is 0 Å². The third-order valence-electron chi connectivity index (χ3n) is 7.51. The maximum absolute atomic E-state index is 6.28. The van der Waals surface area contributed by atoms with Crippen molar-refractivity contribution in [3.8, 4) is 0 Å². The normalized spacial score (nSPS) is 35.8. The fourth-order valence-electron chi connectivity index (χ4n) is 6.35.